The normalized spacial score (nSPS) is 12.4. The summed E-state index contributed by atoms with van der Waals surface area (Å²) in [6.45, 7) is 17.2. The fourth-order valence-corrected chi connectivity index (χ4v) is 3.36. The first-order valence-corrected chi connectivity index (χ1v) is 9.99. The van der Waals surface area contributed by atoms with Crippen molar-refractivity contribution in [1.29, 1.82) is 0 Å². The Balaban J connectivity index is 1.92. The van der Waals surface area contributed by atoms with Gasteiger partial charge in [-0.2, -0.15) is 5.10 Å². The SMILES string of the molecule is Cc1cc(C(=O)Nc2cc(C(C)(C)C)nn2C(C)(C)C)c(C)n1Cc1ccco1. The highest BCUT2D eigenvalue weighted by Gasteiger charge is 2.26. The number of aromatic nitrogens is 3. The number of aryl methyl sites for hydroxylation is 1. The highest BCUT2D eigenvalue weighted by Crippen LogP contribution is 2.29. The second-order valence-corrected chi connectivity index (χ2v) is 9.65. The monoisotopic (exact) mass is 396 g/mol. The van der Waals surface area contributed by atoms with Crippen LogP contribution in [0.4, 0.5) is 5.82 Å². The van der Waals surface area contributed by atoms with Gasteiger partial charge < -0.3 is 14.3 Å². The average Bonchev–Trinajstić information content (AvgIpc) is 3.29. The van der Waals surface area contributed by atoms with Crippen LogP contribution in [0.3, 0.4) is 0 Å². The summed E-state index contributed by atoms with van der Waals surface area (Å²) in [5.41, 5.74) is 3.19. The van der Waals surface area contributed by atoms with E-state index in [9.17, 15) is 4.79 Å². The predicted molar refractivity (Wildman–Crippen MR) is 116 cm³/mol. The number of carbonyl (C=O) groups excluding carboxylic acids is 1. The number of hydrogen-bond acceptors (Lipinski definition) is 3. The summed E-state index contributed by atoms with van der Waals surface area (Å²) in [7, 11) is 0. The van der Waals surface area contributed by atoms with E-state index in [4.69, 9.17) is 9.52 Å². The van der Waals surface area contributed by atoms with Crippen molar-refractivity contribution in [1.82, 2.24) is 14.3 Å². The van der Waals surface area contributed by atoms with Gasteiger partial charge in [0.2, 0.25) is 0 Å². The molecule has 0 spiro atoms. The van der Waals surface area contributed by atoms with Crippen LogP contribution in [-0.2, 0) is 17.5 Å². The summed E-state index contributed by atoms with van der Waals surface area (Å²) in [5.74, 6) is 1.44. The average molecular weight is 397 g/mol. The molecule has 0 fully saturated rings. The second kappa shape index (κ2) is 7.25. The first kappa shape index (κ1) is 21.0. The fraction of sp³-hybridized carbons (Fsp3) is 0.478. The molecule has 1 N–H and O–H groups in total. The van der Waals surface area contributed by atoms with Crippen LogP contribution in [0.1, 0.15) is 74.7 Å². The third-order valence-corrected chi connectivity index (χ3v) is 5.07. The Morgan fingerprint density at radius 3 is 2.38 bits per heavy atom. The minimum atomic E-state index is -0.248. The first-order valence-electron chi connectivity index (χ1n) is 9.99. The lowest BCUT2D eigenvalue weighted by Crippen LogP contribution is -2.27. The van der Waals surface area contributed by atoms with Gasteiger partial charge in [0.05, 0.1) is 29.6 Å². The molecule has 0 aliphatic rings. The summed E-state index contributed by atoms with van der Waals surface area (Å²) >= 11 is 0. The Hall–Kier alpha value is -2.76. The molecule has 3 heterocycles. The topological polar surface area (TPSA) is 65.0 Å². The molecule has 0 aromatic carbocycles. The molecule has 0 bridgehead atoms. The fourth-order valence-electron chi connectivity index (χ4n) is 3.36. The molecule has 0 saturated heterocycles. The molecule has 0 saturated carbocycles. The van der Waals surface area contributed by atoms with Crippen LogP contribution in [0.25, 0.3) is 0 Å². The Morgan fingerprint density at radius 1 is 1.14 bits per heavy atom. The van der Waals surface area contributed by atoms with Gasteiger partial charge in [0.1, 0.15) is 11.6 Å². The van der Waals surface area contributed by atoms with E-state index in [1.54, 1.807) is 6.26 Å². The van der Waals surface area contributed by atoms with Crippen LogP contribution in [0.2, 0.25) is 0 Å². The standard InChI is InChI=1S/C23H32N4O2/c1-15-12-18(16(2)26(15)14-17-10-9-11-29-17)21(28)24-20-13-19(22(3,4)5)25-27(20)23(6,7)8/h9-13H,14H2,1-8H3,(H,24,28). The lowest BCUT2D eigenvalue weighted by molar-refractivity contribution is 0.102. The molecule has 0 aliphatic carbocycles. The van der Waals surface area contributed by atoms with Crippen LogP contribution < -0.4 is 5.32 Å². The highest BCUT2D eigenvalue weighted by atomic mass is 16.3. The van der Waals surface area contributed by atoms with Crippen LogP contribution in [-0.4, -0.2) is 20.3 Å². The molecule has 0 radical (unpaired) electrons. The summed E-state index contributed by atoms with van der Waals surface area (Å²) in [6, 6.07) is 7.72. The first-order chi connectivity index (χ1) is 13.4. The van der Waals surface area contributed by atoms with Crippen LogP contribution in [0, 0.1) is 13.8 Å². The van der Waals surface area contributed by atoms with E-state index in [1.807, 2.05) is 42.8 Å². The van der Waals surface area contributed by atoms with E-state index in [1.165, 1.54) is 0 Å². The number of nitrogens with one attached hydrogen (secondary N) is 1. The van der Waals surface area contributed by atoms with Gasteiger partial charge in [-0.15, -0.1) is 0 Å². The van der Waals surface area contributed by atoms with Gasteiger partial charge in [-0.05, 0) is 52.8 Å². The number of nitrogens with zero attached hydrogens (tertiary/aromatic N) is 3. The minimum absolute atomic E-state index is 0.102. The van der Waals surface area contributed by atoms with Crippen LogP contribution in [0.15, 0.2) is 34.9 Å². The van der Waals surface area contributed by atoms with Crippen LogP contribution in [0.5, 0.6) is 0 Å². The molecule has 29 heavy (non-hydrogen) atoms. The molecule has 0 atom stereocenters. The van der Waals surface area contributed by atoms with Crippen molar-refractivity contribution in [2.24, 2.45) is 0 Å². The minimum Gasteiger partial charge on any atom is -0.467 e. The lowest BCUT2D eigenvalue weighted by Gasteiger charge is -2.23. The van der Waals surface area contributed by atoms with Gasteiger partial charge in [-0.1, -0.05) is 20.8 Å². The van der Waals surface area contributed by atoms with Gasteiger partial charge in [-0.25, -0.2) is 4.68 Å². The molecular weight excluding hydrogens is 364 g/mol. The van der Waals surface area contributed by atoms with Crippen LogP contribution >= 0.6 is 0 Å². The van der Waals surface area contributed by atoms with Crippen molar-refractivity contribution >= 4 is 11.7 Å². The highest BCUT2D eigenvalue weighted by molar-refractivity contribution is 6.05. The molecule has 0 aliphatic heterocycles. The molecule has 3 aromatic heterocycles. The van der Waals surface area contributed by atoms with Crippen molar-refractivity contribution in [2.45, 2.75) is 72.9 Å². The largest absolute Gasteiger partial charge is 0.467 e. The molecule has 3 aromatic rings. The number of rotatable bonds is 4. The molecule has 156 valence electrons. The summed E-state index contributed by atoms with van der Waals surface area (Å²) < 4.78 is 9.46. The van der Waals surface area contributed by atoms with E-state index in [2.05, 4.69) is 51.4 Å². The predicted octanol–water partition coefficient (Wildman–Crippen LogP) is 5.25. The molecule has 6 heteroatoms. The summed E-state index contributed by atoms with van der Waals surface area (Å²) in [5, 5.41) is 7.87. The van der Waals surface area contributed by atoms with Crippen molar-refractivity contribution in [2.75, 3.05) is 5.32 Å². The zero-order chi connectivity index (χ0) is 21.6. The zero-order valence-electron chi connectivity index (χ0n) is 18.8. The summed E-state index contributed by atoms with van der Waals surface area (Å²) in [4.78, 5) is 13.2. The maximum Gasteiger partial charge on any atom is 0.258 e. The Kier molecular flexibility index (Phi) is 5.24. The lowest BCUT2D eigenvalue weighted by atomic mass is 9.92. The molecular formula is C23H32N4O2. The van der Waals surface area contributed by atoms with E-state index in [-0.39, 0.29) is 16.9 Å². The van der Waals surface area contributed by atoms with E-state index in [0.717, 1.165) is 22.8 Å². The Labute approximate surface area is 172 Å². The number of hydrogen-bond donors (Lipinski definition) is 1. The third kappa shape index (κ3) is 4.31. The van der Waals surface area contributed by atoms with Gasteiger partial charge in [0.15, 0.2) is 0 Å². The molecule has 0 unspecified atom stereocenters. The number of carbonyl (C=O) groups is 1. The third-order valence-electron chi connectivity index (χ3n) is 5.07. The smallest absolute Gasteiger partial charge is 0.258 e. The van der Waals surface area contributed by atoms with Gasteiger partial charge in [0.25, 0.3) is 5.91 Å². The Bertz CT molecular complexity index is 1010. The van der Waals surface area contributed by atoms with Crippen molar-refractivity contribution in [3.8, 4) is 0 Å². The molecule has 6 nitrogen and oxygen atoms in total. The molecule has 3 rings (SSSR count). The zero-order valence-corrected chi connectivity index (χ0v) is 18.8. The quantitative estimate of drug-likeness (QED) is 0.655. The van der Waals surface area contributed by atoms with Crippen molar-refractivity contribution in [3.05, 3.63) is 58.9 Å². The van der Waals surface area contributed by atoms with E-state index < -0.39 is 0 Å². The van der Waals surface area contributed by atoms with Crippen molar-refractivity contribution < 1.29 is 9.21 Å². The van der Waals surface area contributed by atoms with E-state index >= 15 is 0 Å². The van der Waals surface area contributed by atoms with Crippen molar-refractivity contribution in [3.63, 3.8) is 0 Å². The number of furan rings is 1. The maximum absolute atomic E-state index is 13.2. The Morgan fingerprint density at radius 2 is 1.83 bits per heavy atom. The van der Waals surface area contributed by atoms with E-state index in [0.29, 0.717) is 17.9 Å². The number of anilines is 1. The maximum atomic E-state index is 13.2. The van der Waals surface area contributed by atoms with Gasteiger partial charge in [0, 0.05) is 22.9 Å². The van der Waals surface area contributed by atoms with Gasteiger partial charge >= 0.3 is 0 Å². The number of amides is 1. The molecule has 1 amide bonds. The van der Waals surface area contributed by atoms with Gasteiger partial charge in [-0.3, -0.25) is 4.79 Å². The second-order valence-electron chi connectivity index (χ2n) is 9.65. The summed E-state index contributed by atoms with van der Waals surface area (Å²) in [6.07, 6.45) is 1.66.